The van der Waals surface area contributed by atoms with Gasteiger partial charge in [-0.1, -0.05) is 12.1 Å². The minimum Gasteiger partial charge on any atom is -0.444 e. The van der Waals surface area contributed by atoms with Crippen LogP contribution in [-0.2, 0) is 0 Å². The summed E-state index contributed by atoms with van der Waals surface area (Å²) in [5.41, 5.74) is 2.72. The first-order valence-electron chi connectivity index (χ1n) is 10.5. The van der Waals surface area contributed by atoms with E-state index in [1.54, 1.807) is 6.20 Å². The van der Waals surface area contributed by atoms with Crippen molar-refractivity contribution in [2.24, 2.45) is 0 Å². The molecule has 3 heterocycles. The highest BCUT2D eigenvalue weighted by atomic mass is 16.3. The van der Waals surface area contributed by atoms with Gasteiger partial charge >= 0.3 is 0 Å². The molecule has 5 rings (SSSR count). The van der Waals surface area contributed by atoms with Gasteiger partial charge in [0.1, 0.15) is 0 Å². The fraction of sp³-hybridized carbons (Fsp3) is 0.391. The lowest BCUT2D eigenvalue weighted by Crippen LogP contribution is -2.48. The molecule has 2 aliphatic rings. The summed E-state index contributed by atoms with van der Waals surface area (Å²) in [6.45, 7) is 3.73. The van der Waals surface area contributed by atoms with E-state index in [0.717, 1.165) is 61.4 Å². The summed E-state index contributed by atoms with van der Waals surface area (Å²) in [5, 5.41) is 0. The van der Waals surface area contributed by atoms with Crippen molar-refractivity contribution < 1.29 is 9.21 Å². The Morgan fingerprint density at radius 3 is 2.27 bits per heavy atom. The van der Waals surface area contributed by atoms with Crippen LogP contribution < -0.4 is 4.90 Å². The maximum atomic E-state index is 13.4. The van der Waals surface area contributed by atoms with Crippen molar-refractivity contribution >= 4 is 11.9 Å². The van der Waals surface area contributed by atoms with Crippen LogP contribution in [0.1, 0.15) is 41.6 Å². The first kappa shape index (κ1) is 18.8. The second kappa shape index (κ2) is 7.89. The lowest BCUT2D eigenvalue weighted by Gasteiger charge is -2.39. The summed E-state index contributed by atoms with van der Waals surface area (Å²) in [5.74, 6) is 1.62. The monoisotopic (exact) mass is 403 g/mol. The van der Waals surface area contributed by atoms with Gasteiger partial charge in [-0.25, -0.2) is 15.0 Å². The molecule has 7 nitrogen and oxygen atoms in total. The number of amides is 1. The van der Waals surface area contributed by atoms with Crippen molar-refractivity contribution in [2.75, 3.05) is 18.0 Å². The number of hydrogen-bond donors (Lipinski definition) is 0. The normalized spacial score (nSPS) is 17.2. The molecule has 0 radical (unpaired) electrons. The maximum Gasteiger partial charge on any atom is 0.254 e. The molecule has 2 aromatic heterocycles. The summed E-state index contributed by atoms with van der Waals surface area (Å²) in [4.78, 5) is 30.6. The van der Waals surface area contributed by atoms with Gasteiger partial charge in [0, 0.05) is 48.7 Å². The average Bonchev–Trinajstić information content (AvgIpc) is 3.46. The number of carbonyl (C=O) groups is 1. The molecule has 1 aliphatic heterocycles. The van der Waals surface area contributed by atoms with Gasteiger partial charge in [0.15, 0.2) is 12.2 Å². The SMILES string of the molecule is Cc1cnc(N2CCC(N(C(=O)c3ccc(-c4cnco4)cc3)C3CC3)CC2)nc1. The Hall–Kier alpha value is -3.22. The number of aromatic nitrogens is 3. The first-order chi connectivity index (χ1) is 14.7. The minimum absolute atomic E-state index is 0.131. The lowest BCUT2D eigenvalue weighted by molar-refractivity contribution is 0.0630. The fourth-order valence-electron chi connectivity index (χ4n) is 4.16. The van der Waals surface area contributed by atoms with Crippen molar-refractivity contribution in [3.05, 3.63) is 60.4 Å². The number of rotatable bonds is 5. The van der Waals surface area contributed by atoms with E-state index >= 15 is 0 Å². The second-order valence-electron chi connectivity index (χ2n) is 8.17. The number of oxazole rings is 1. The zero-order valence-corrected chi connectivity index (χ0v) is 17.1. The van der Waals surface area contributed by atoms with Crippen LogP contribution in [0.3, 0.4) is 0 Å². The minimum atomic E-state index is 0.131. The van der Waals surface area contributed by atoms with Crippen LogP contribution >= 0.6 is 0 Å². The van der Waals surface area contributed by atoms with Crippen LogP contribution in [0.5, 0.6) is 0 Å². The van der Waals surface area contributed by atoms with Gasteiger partial charge in [0.25, 0.3) is 5.91 Å². The molecule has 1 aromatic carbocycles. The van der Waals surface area contributed by atoms with E-state index in [9.17, 15) is 4.79 Å². The number of benzene rings is 1. The molecule has 0 N–H and O–H groups in total. The molecule has 2 fully saturated rings. The molecule has 0 atom stereocenters. The molecular weight excluding hydrogens is 378 g/mol. The molecule has 7 heteroatoms. The van der Waals surface area contributed by atoms with Gasteiger partial charge in [-0.2, -0.15) is 0 Å². The summed E-state index contributed by atoms with van der Waals surface area (Å²) in [6, 6.07) is 8.28. The Morgan fingerprint density at radius 1 is 1.00 bits per heavy atom. The Balaban J connectivity index is 1.28. The van der Waals surface area contributed by atoms with Crippen molar-refractivity contribution in [3.63, 3.8) is 0 Å². The van der Waals surface area contributed by atoms with Crippen molar-refractivity contribution in [3.8, 4) is 11.3 Å². The van der Waals surface area contributed by atoms with E-state index < -0.39 is 0 Å². The van der Waals surface area contributed by atoms with E-state index in [-0.39, 0.29) is 11.9 Å². The number of piperidine rings is 1. The number of carbonyl (C=O) groups excluding carboxylic acids is 1. The highest BCUT2D eigenvalue weighted by molar-refractivity contribution is 5.95. The first-order valence-corrected chi connectivity index (χ1v) is 10.5. The van der Waals surface area contributed by atoms with Gasteiger partial charge in [0.2, 0.25) is 5.95 Å². The van der Waals surface area contributed by atoms with Gasteiger partial charge < -0.3 is 14.2 Å². The van der Waals surface area contributed by atoms with Gasteiger partial charge in [-0.15, -0.1) is 0 Å². The van der Waals surface area contributed by atoms with Crippen LogP contribution in [0.25, 0.3) is 11.3 Å². The van der Waals surface area contributed by atoms with Crippen LogP contribution in [0.2, 0.25) is 0 Å². The summed E-state index contributed by atoms with van der Waals surface area (Å²) >= 11 is 0. The highest BCUT2D eigenvalue weighted by Crippen LogP contribution is 2.34. The Kier molecular flexibility index (Phi) is 4.94. The average molecular weight is 403 g/mol. The molecule has 3 aromatic rings. The zero-order chi connectivity index (χ0) is 20.5. The molecule has 154 valence electrons. The number of aryl methyl sites for hydroxylation is 1. The molecule has 1 amide bonds. The smallest absolute Gasteiger partial charge is 0.254 e. The van der Waals surface area contributed by atoms with Gasteiger partial charge in [0.05, 0.1) is 6.20 Å². The summed E-state index contributed by atoms with van der Waals surface area (Å²) < 4.78 is 5.34. The number of nitrogens with zero attached hydrogens (tertiary/aromatic N) is 5. The lowest BCUT2D eigenvalue weighted by atomic mass is 10.0. The fourth-order valence-corrected chi connectivity index (χ4v) is 4.16. The van der Waals surface area contributed by atoms with Crippen LogP contribution in [0.4, 0.5) is 5.95 Å². The molecule has 0 spiro atoms. The summed E-state index contributed by atoms with van der Waals surface area (Å²) in [7, 11) is 0. The third kappa shape index (κ3) is 3.79. The molecule has 1 saturated carbocycles. The highest BCUT2D eigenvalue weighted by Gasteiger charge is 2.39. The van der Waals surface area contributed by atoms with E-state index in [1.165, 1.54) is 6.39 Å². The van der Waals surface area contributed by atoms with Crippen molar-refractivity contribution in [2.45, 2.75) is 44.7 Å². The van der Waals surface area contributed by atoms with Crippen LogP contribution in [0, 0.1) is 6.92 Å². The zero-order valence-electron chi connectivity index (χ0n) is 17.1. The largest absolute Gasteiger partial charge is 0.444 e. The molecule has 0 unspecified atom stereocenters. The Bertz CT molecular complexity index is 989. The third-order valence-electron chi connectivity index (χ3n) is 5.93. The van der Waals surface area contributed by atoms with Crippen molar-refractivity contribution in [1.29, 1.82) is 0 Å². The molecule has 1 saturated heterocycles. The van der Waals surface area contributed by atoms with Gasteiger partial charge in [-0.05, 0) is 50.3 Å². The van der Waals surface area contributed by atoms with Crippen molar-refractivity contribution in [1.82, 2.24) is 19.9 Å². The predicted octanol–water partition coefficient (Wildman–Crippen LogP) is 3.71. The second-order valence-corrected chi connectivity index (χ2v) is 8.17. The standard InChI is InChI=1S/C23H25N5O2/c1-16-12-25-23(26-13-16)27-10-8-20(9-11-27)28(19-6-7-19)22(29)18-4-2-17(3-5-18)21-14-24-15-30-21/h2-5,12-15,19-20H,6-11H2,1H3. The number of anilines is 1. The molecule has 1 aliphatic carbocycles. The topological polar surface area (TPSA) is 75.4 Å². The van der Waals surface area contributed by atoms with E-state index in [1.807, 2.05) is 43.6 Å². The quantitative estimate of drug-likeness (QED) is 0.646. The van der Waals surface area contributed by atoms with E-state index in [4.69, 9.17) is 4.42 Å². The summed E-state index contributed by atoms with van der Waals surface area (Å²) in [6.07, 6.45) is 10.9. The predicted molar refractivity (Wildman–Crippen MR) is 113 cm³/mol. The van der Waals surface area contributed by atoms with Gasteiger partial charge in [-0.3, -0.25) is 4.79 Å². The maximum absolute atomic E-state index is 13.4. The third-order valence-corrected chi connectivity index (χ3v) is 5.93. The molecule has 30 heavy (non-hydrogen) atoms. The Morgan fingerprint density at radius 2 is 1.67 bits per heavy atom. The van der Waals surface area contributed by atoms with Crippen LogP contribution in [0.15, 0.2) is 53.7 Å². The van der Waals surface area contributed by atoms with E-state index in [2.05, 4.69) is 24.8 Å². The molecular formula is C23H25N5O2. The molecule has 0 bridgehead atoms. The number of hydrogen-bond acceptors (Lipinski definition) is 6. The van der Waals surface area contributed by atoms with E-state index in [0.29, 0.717) is 11.8 Å². The Labute approximate surface area is 175 Å². The van der Waals surface area contributed by atoms with Crippen LogP contribution in [-0.4, -0.2) is 50.9 Å².